The summed E-state index contributed by atoms with van der Waals surface area (Å²) in [6.07, 6.45) is 0.787. The molecule has 0 fully saturated rings. The molecule has 3 aromatic rings. The van der Waals surface area contributed by atoms with Crippen molar-refractivity contribution in [3.05, 3.63) is 77.5 Å². The van der Waals surface area contributed by atoms with Crippen LogP contribution in [0, 0.1) is 11.6 Å². The van der Waals surface area contributed by atoms with E-state index in [4.69, 9.17) is 0 Å². The van der Waals surface area contributed by atoms with E-state index in [9.17, 15) is 13.6 Å². The molecule has 3 rings (SSSR count). The number of carbonyl (C=O) groups is 1. The van der Waals surface area contributed by atoms with E-state index in [0.717, 1.165) is 17.4 Å². The number of rotatable bonds is 4. The molecule has 25 heavy (non-hydrogen) atoms. The molecule has 0 radical (unpaired) electrons. The molecule has 0 bridgehead atoms. The lowest BCUT2D eigenvalue weighted by atomic mass is 9.93. The molecule has 0 aliphatic carbocycles. The van der Waals surface area contributed by atoms with Crippen molar-refractivity contribution in [1.82, 2.24) is 4.98 Å². The number of nitrogens with zero attached hydrogens (tertiary/aromatic N) is 1. The van der Waals surface area contributed by atoms with Crippen LogP contribution in [0.5, 0.6) is 0 Å². The van der Waals surface area contributed by atoms with Gasteiger partial charge in [0.2, 0.25) is 0 Å². The lowest BCUT2D eigenvalue weighted by molar-refractivity contribution is 0.112. The molecule has 0 unspecified atom stereocenters. The second-order valence-corrected chi connectivity index (χ2v) is 6.14. The number of carbonyl (C=O) groups excluding carboxylic acids is 1. The van der Waals surface area contributed by atoms with Crippen molar-refractivity contribution in [3.8, 4) is 22.4 Å². The molecule has 0 aliphatic heterocycles. The Bertz CT molecular complexity index is 900. The number of pyridine rings is 1. The summed E-state index contributed by atoms with van der Waals surface area (Å²) in [5.41, 5.74) is 3.98. The van der Waals surface area contributed by atoms with Crippen LogP contribution in [0.2, 0.25) is 0 Å². The van der Waals surface area contributed by atoms with E-state index in [1.165, 1.54) is 24.3 Å². The highest BCUT2D eigenvalue weighted by Gasteiger charge is 2.17. The summed E-state index contributed by atoms with van der Waals surface area (Å²) in [5.74, 6) is -0.635. The molecule has 0 saturated heterocycles. The Hall–Kier alpha value is -2.88. The summed E-state index contributed by atoms with van der Waals surface area (Å²) in [7, 11) is 0. The number of hydrogen-bond acceptors (Lipinski definition) is 2. The summed E-state index contributed by atoms with van der Waals surface area (Å²) >= 11 is 0. The van der Waals surface area contributed by atoms with Gasteiger partial charge >= 0.3 is 0 Å². The fourth-order valence-corrected chi connectivity index (χ4v) is 2.78. The topological polar surface area (TPSA) is 30.0 Å². The van der Waals surface area contributed by atoms with Gasteiger partial charge in [0, 0.05) is 11.1 Å². The van der Waals surface area contributed by atoms with E-state index in [1.807, 2.05) is 13.8 Å². The lowest BCUT2D eigenvalue weighted by Gasteiger charge is -2.15. The average Bonchev–Trinajstić information content (AvgIpc) is 2.62. The first-order valence-corrected chi connectivity index (χ1v) is 8.01. The lowest BCUT2D eigenvalue weighted by Crippen LogP contribution is -2.04. The first-order valence-electron chi connectivity index (χ1n) is 8.01. The molecular formula is C21H17F2NO. The smallest absolute Gasteiger partial charge is 0.152 e. The van der Waals surface area contributed by atoms with Gasteiger partial charge in [0.25, 0.3) is 0 Å². The largest absolute Gasteiger partial charge is 0.298 e. The van der Waals surface area contributed by atoms with Crippen LogP contribution in [0.15, 0.2) is 54.6 Å². The molecule has 0 atom stereocenters. The number of benzene rings is 2. The Labute approximate surface area is 145 Å². The molecule has 0 spiro atoms. The highest BCUT2D eigenvalue weighted by Crippen LogP contribution is 2.32. The minimum Gasteiger partial charge on any atom is -0.298 e. The maximum absolute atomic E-state index is 13.3. The van der Waals surface area contributed by atoms with Gasteiger partial charge in [-0.1, -0.05) is 26.0 Å². The molecule has 126 valence electrons. The van der Waals surface area contributed by atoms with E-state index in [1.54, 1.807) is 30.3 Å². The Morgan fingerprint density at radius 2 is 1.40 bits per heavy atom. The van der Waals surface area contributed by atoms with Gasteiger partial charge in [-0.2, -0.15) is 0 Å². The summed E-state index contributed by atoms with van der Waals surface area (Å²) < 4.78 is 26.5. The number of hydrogen-bond donors (Lipinski definition) is 0. The molecule has 2 nitrogen and oxygen atoms in total. The fourth-order valence-electron chi connectivity index (χ4n) is 2.78. The quantitative estimate of drug-likeness (QED) is 0.578. The monoisotopic (exact) mass is 337 g/mol. The Morgan fingerprint density at radius 3 is 1.88 bits per heavy atom. The summed E-state index contributed by atoms with van der Waals surface area (Å²) in [5, 5.41) is 0. The normalized spacial score (nSPS) is 10.9. The third-order valence-corrected chi connectivity index (χ3v) is 4.05. The zero-order valence-corrected chi connectivity index (χ0v) is 14.0. The summed E-state index contributed by atoms with van der Waals surface area (Å²) in [6, 6.07) is 13.8. The predicted molar refractivity (Wildman–Crippen MR) is 94.5 cm³/mol. The van der Waals surface area contributed by atoms with Crippen molar-refractivity contribution in [3.63, 3.8) is 0 Å². The summed E-state index contributed by atoms with van der Waals surface area (Å²) in [6.45, 7) is 3.91. The van der Waals surface area contributed by atoms with Gasteiger partial charge in [0.15, 0.2) is 6.29 Å². The average molecular weight is 337 g/mol. The van der Waals surface area contributed by atoms with Gasteiger partial charge in [-0.3, -0.25) is 9.78 Å². The van der Waals surface area contributed by atoms with Gasteiger partial charge in [0.1, 0.15) is 11.6 Å². The maximum Gasteiger partial charge on any atom is 0.152 e. The fraction of sp³-hybridized carbons (Fsp3) is 0.143. The van der Waals surface area contributed by atoms with Crippen molar-refractivity contribution < 1.29 is 13.6 Å². The van der Waals surface area contributed by atoms with E-state index in [2.05, 4.69) is 4.98 Å². The van der Waals surface area contributed by atoms with Crippen LogP contribution in [0.3, 0.4) is 0 Å². The maximum atomic E-state index is 13.3. The Kier molecular flexibility index (Phi) is 4.70. The van der Waals surface area contributed by atoms with Gasteiger partial charge in [-0.15, -0.1) is 0 Å². The van der Waals surface area contributed by atoms with Gasteiger partial charge in [-0.25, -0.2) is 8.78 Å². The van der Waals surface area contributed by atoms with E-state index in [-0.39, 0.29) is 17.6 Å². The molecule has 4 heteroatoms. The predicted octanol–water partition coefficient (Wildman–Crippen LogP) is 5.63. The molecule has 0 saturated carbocycles. The molecule has 1 aromatic heterocycles. The van der Waals surface area contributed by atoms with E-state index in [0.29, 0.717) is 22.5 Å². The van der Waals surface area contributed by atoms with Crippen LogP contribution in [0.25, 0.3) is 22.4 Å². The zero-order chi connectivity index (χ0) is 18.0. The van der Waals surface area contributed by atoms with Gasteiger partial charge < -0.3 is 0 Å². The molecule has 0 aliphatic rings. The van der Waals surface area contributed by atoms with Gasteiger partial charge in [0.05, 0.1) is 11.4 Å². The number of aromatic nitrogens is 1. The standard InChI is InChI=1S/C21H17F2NO/c1-13(2)21-19(12-25)18(14-3-7-16(22)8-4-14)11-20(24-21)15-5-9-17(23)10-6-15/h3-13H,1-2H3. The van der Waals surface area contributed by atoms with Crippen molar-refractivity contribution in [2.75, 3.05) is 0 Å². The highest BCUT2D eigenvalue weighted by molar-refractivity contribution is 5.90. The Morgan fingerprint density at radius 1 is 0.880 bits per heavy atom. The van der Waals surface area contributed by atoms with Crippen molar-refractivity contribution in [2.24, 2.45) is 0 Å². The molecule has 1 heterocycles. The zero-order valence-electron chi connectivity index (χ0n) is 14.0. The van der Waals surface area contributed by atoms with Crippen molar-refractivity contribution in [2.45, 2.75) is 19.8 Å². The molecule has 2 aromatic carbocycles. The first-order chi connectivity index (χ1) is 12.0. The van der Waals surface area contributed by atoms with E-state index >= 15 is 0 Å². The second-order valence-electron chi connectivity index (χ2n) is 6.14. The van der Waals surface area contributed by atoms with E-state index < -0.39 is 0 Å². The number of aldehydes is 1. The van der Waals surface area contributed by atoms with Crippen LogP contribution < -0.4 is 0 Å². The highest BCUT2D eigenvalue weighted by atomic mass is 19.1. The minimum atomic E-state index is -0.340. The molecule has 0 N–H and O–H groups in total. The molecular weight excluding hydrogens is 320 g/mol. The Balaban J connectivity index is 2.26. The SMILES string of the molecule is CC(C)c1nc(-c2ccc(F)cc2)cc(-c2ccc(F)cc2)c1C=O. The van der Waals surface area contributed by atoms with Crippen LogP contribution in [0.4, 0.5) is 8.78 Å². The number of halogens is 2. The third kappa shape index (κ3) is 3.48. The van der Waals surface area contributed by atoms with Crippen LogP contribution in [-0.2, 0) is 0 Å². The van der Waals surface area contributed by atoms with Crippen LogP contribution in [0.1, 0.15) is 35.8 Å². The van der Waals surface area contributed by atoms with Crippen LogP contribution in [-0.4, -0.2) is 11.3 Å². The first kappa shape index (κ1) is 17.0. The summed E-state index contributed by atoms with van der Waals surface area (Å²) in [4.78, 5) is 16.3. The van der Waals surface area contributed by atoms with Crippen molar-refractivity contribution in [1.29, 1.82) is 0 Å². The van der Waals surface area contributed by atoms with Gasteiger partial charge in [-0.05, 0) is 59.5 Å². The van der Waals surface area contributed by atoms with Crippen molar-refractivity contribution >= 4 is 6.29 Å². The molecule has 0 amide bonds. The minimum absolute atomic E-state index is 0.0276. The second kappa shape index (κ2) is 6.93. The third-order valence-electron chi connectivity index (χ3n) is 4.05. The van der Waals surface area contributed by atoms with Crippen LogP contribution >= 0.6 is 0 Å².